The second kappa shape index (κ2) is 7.75. The monoisotopic (exact) mass is 311 g/mol. The second-order valence-electron chi connectivity index (χ2n) is 5.47. The van der Waals surface area contributed by atoms with Gasteiger partial charge in [-0.2, -0.15) is 0 Å². The molecule has 1 saturated heterocycles. The number of hydrogen-bond donors (Lipinski definition) is 1. The van der Waals surface area contributed by atoms with Gasteiger partial charge in [0.2, 0.25) is 0 Å². The Kier molecular flexibility index (Phi) is 5.99. The van der Waals surface area contributed by atoms with E-state index in [1.165, 1.54) is 17.8 Å². The number of hydrogen-bond acceptors (Lipinski definition) is 5. The Balaban J connectivity index is 1.83. The Morgan fingerprint density at radius 3 is 3.05 bits per heavy atom. The number of aryl methyl sites for hydroxylation is 1. The summed E-state index contributed by atoms with van der Waals surface area (Å²) in [5.74, 6) is 0.0708. The largest absolute Gasteiger partial charge is 0.378 e. The van der Waals surface area contributed by atoms with Crippen LogP contribution in [-0.4, -0.2) is 48.6 Å². The van der Waals surface area contributed by atoms with E-state index in [0.29, 0.717) is 6.10 Å². The van der Waals surface area contributed by atoms with Crippen molar-refractivity contribution in [3.05, 3.63) is 10.6 Å². The Morgan fingerprint density at radius 1 is 1.57 bits per heavy atom. The first-order valence-corrected chi connectivity index (χ1v) is 8.51. The van der Waals surface area contributed by atoms with Crippen LogP contribution in [0.5, 0.6) is 0 Å². The number of amides is 1. The summed E-state index contributed by atoms with van der Waals surface area (Å²) in [4.78, 5) is 19.4. The maximum absolute atomic E-state index is 12.4. The van der Waals surface area contributed by atoms with Gasteiger partial charge in [-0.3, -0.25) is 4.79 Å². The quantitative estimate of drug-likeness (QED) is 0.841. The van der Waals surface area contributed by atoms with E-state index in [2.05, 4.69) is 10.3 Å². The van der Waals surface area contributed by atoms with Crippen molar-refractivity contribution in [3.8, 4) is 0 Å². The molecular weight excluding hydrogens is 286 g/mol. The molecule has 5 nitrogen and oxygen atoms in total. The molecule has 0 aliphatic carbocycles. The van der Waals surface area contributed by atoms with Gasteiger partial charge >= 0.3 is 0 Å². The van der Waals surface area contributed by atoms with Crippen molar-refractivity contribution >= 4 is 22.4 Å². The molecule has 1 fully saturated rings. The molecule has 1 amide bonds. The molecule has 0 radical (unpaired) electrons. The summed E-state index contributed by atoms with van der Waals surface area (Å²) < 4.78 is 5.61. The van der Waals surface area contributed by atoms with E-state index in [0.717, 1.165) is 54.7 Å². The zero-order chi connectivity index (χ0) is 15.2. The van der Waals surface area contributed by atoms with E-state index in [4.69, 9.17) is 4.74 Å². The topological polar surface area (TPSA) is 54.5 Å². The zero-order valence-corrected chi connectivity index (χ0v) is 14.0. The summed E-state index contributed by atoms with van der Waals surface area (Å²) in [5, 5.41) is 3.99. The highest BCUT2D eigenvalue weighted by Crippen LogP contribution is 2.24. The molecule has 1 aromatic rings. The highest BCUT2D eigenvalue weighted by Gasteiger charge is 2.20. The third kappa shape index (κ3) is 4.41. The summed E-state index contributed by atoms with van der Waals surface area (Å²) in [6.45, 7) is 6.40. The molecular formula is C15H25N3O2S. The highest BCUT2D eigenvalue weighted by atomic mass is 32.1. The summed E-state index contributed by atoms with van der Waals surface area (Å²) in [7, 11) is 1.87. The minimum atomic E-state index is 0.0708. The molecule has 0 bridgehead atoms. The first-order chi connectivity index (χ1) is 10.1. The molecule has 0 aromatic carbocycles. The molecule has 0 spiro atoms. The Bertz CT molecular complexity index is 469. The number of aromatic nitrogens is 1. The third-order valence-corrected chi connectivity index (χ3v) is 4.81. The van der Waals surface area contributed by atoms with Gasteiger partial charge in [-0.05, 0) is 39.5 Å². The minimum Gasteiger partial charge on any atom is -0.378 e. The van der Waals surface area contributed by atoms with Crippen LogP contribution in [0.2, 0.25) is 0 Å². The van der Waals surface area contributed by atoms with E-state index >= 15 is 0 Å². The molecule has 0 saturated carbocycles. The number of carbonyl (C=O) groups is 1. The van der Waals surface area contributed by atoms with Gasteiger partial charge < -0.3 is 15.0 Å². The number of carbonyl (C=O) groups excluding carboxylic acids is 1. The van der Waals surface area contributed by atoms with Crippen molar-refractivity contribution in [2.45, 2.75) is 45.6 Å². The first kappa shape index (κ1) is 16.2. The molecule has 1 atom stereocenters. The number of nitrogens with zero attached hydrogens (tertiary/aromatic N) is 2. The van der Waals surface area contributed by atoms with E-state index < -0.39 is 0 Å². The van der Waals surface area contributed by atoms with Crippen LogP contribution in [0, 0.1) is 6.92 Å². The fourth-order valence-electron chi connectivity index (χ4n) is 2.52. The predicted octanol–water partition coefficient (Wildman–Crippen LogP) is 2.91. The van der Waals surface area contributed by atoms with Gasteiger partial charge in [0.15, 0.2) is 5.13 Å². The fourth-order valence-corrected chi connectivity index (χ4v) is 3.55. The zero-order valence-electron chi connectivity index (χ0n) is 13.1. The van der Waals surface area contributed by atoms with Crippen LogP contribution in [0.25, 0.3) is 0 Å². The molecule has 0 unspecified atom stereocenters. The second-order valence-corrected chi connectivity index (χ2v) is 6.47. The standard InChI is InChI=1S/C15H25N3O2S/c1-4-16-15-17-11(2)13(21-15)14(19)18(3)9-5-7-12-8-6-10-20-12/h12H,4-10H2,1-3H3,(H,16,17)/t12-/m0/s1. The van der Waals surface area contributed by atoms with Crippen LogP contribution < -0.4 is 5.32 Å². The molecule has 1 aromatic heterocycles. The average Bonchev–Trinajstić information content (AvgIpc) is 3.08. The van der Waals surface area contributed by atoms with Crippen LogP contribution in [0.4, 0.5) is 5.13 Å². The van der Waals surface area contributed by atoms with Crippen LogP contribution >= 0.6 is 11.3 Å². The lowest BCUT2D eigenvalue weighted by Crippen LogP contribution is -2.28. The minimum absolute atomic E-state index is 0.0708. The molecule has 6 heteroatoms. The molecule has 2 heterocycles. The van der Waals surface area contributed by atoms with Crippen molar-refractivity contribution in [1.82, 2.24) is 9.88 Å². The van der Waals surface area contributed by atoms with Crippen molar-refractivity contribution in [2.75, 3.05) is 32.1 Å². The van der Waals surface area contributed by atoms with Crippen molar-refractivity contribution in [2.24, 2.45) is 0 Å². The van der Waals surface area contributed by atoms with Crippen molar-refractivity contribution in [3.63, 3.8) is 0 Å². The predicted molar refractivity (Wildman–Crippen MR) is 86.2 cm³/mol. The average molecular weight is 311 g/mol. The number of ether oxygens (including phenoxy) is 1. The van der Waals surface area contributed by atoms with Gasteiger partial charge in [0, 0.05) is 26.7 Å². The van der Waals surface area contributed by atoms with Crippen LogP contribution in [0.3, 0.4) is 0 Å². The van der Waals surface area contributed by atoms with Crippen molar-refractivity contribution < 1.29 is 9.53 Å². The summed E-state index contributed by atoms with van der Waals surface area (Å²) >= 11 is 1.44. The molecule has 1 aliphatic rings. The lowest BCUT2D eigenvalue weighted by atomic mass is 10.1. The summed E-state index contributed by atoms with van der Waals surface area (Å²) in [6.07, 6.45) is 4.77. The number of nitrogens with one attached hydrogen (secondary N) is 1. The maximum Gasteiger partial charge on any atom is 0.265 e. The SMILES string of the molecule is CCNc1nc(C)c(C(=O)N(C)CCC[C@H]2CCCO2)s1. The van der Waals surface area contributed by atoms with Gasteiger partial charge in [-0.15, -0.1) is 0 Å². The Labute approximate surface area is 130 Å². The van der Waals surface area contributed by atoms with Gasteiger partial charge in [0.05, 0.1) is 11.8 Å². The van der Waals surface area contributed by atoms with Gasteiger partial charge in [-0.25, -0.2) is 4.98 Å². The van der Waals surface area contributed by atoms with Crippen molar-refractivity contribution in [1.29, 1.82) is 0 Å². The number of rotatable bonds is 7. The first-order valence-electron chi connectivity index (χ1n) is 7.70. The van der Waals surface area contributed by atoms with E-state index in [1.807, 2.05) is 20.9 Å². The Morgan fingerprint density at radius 2 is 2.38 bits per heavy atom. The Hall–Kier alpha value is -1.14. The van der Waals surface area contributed by atoms with Gasteiger partial charge in [0.1, 0.15) is 4.88 Å². The highest BCUT2D eigenvalue weighted by molar-refractivity contribution is 7.17. The fraction of sp³-hybridized carbons (Fsp3) is 0.733. The smallest absolute Gasteiger partial charge is 0.265 e. The van der Waals surface area contributed by atoms with Crippen LogP contribution in [0.15, 0.2) is 0 Å². The third-order valence-electron chi connectivity index (χ3n) is 3.71. The summed E-state index contributed by atoms with van der Waals surface area (Å²) in [6, 6.07) is 0. The molecule has 118 valence electrons. The number of anilines is 1. The van der Waals surface area contributed by atoms with Crippen LogP contribution in [0.1, 0.15) is 48.0 Å². The van der Waals surface area contributed by atoms with E-state index in [9.17, 15) is 4.79 Å². The molecule has 1 aliphatic heterocycles. The number of thiazole rings is 1. The maximum atomic E-state index is 12.4. The molecule has 2 rings (SSSR count). The van der Waals surface area contributed by atoms with Gasteiger partial charge in [0.25, 0.3) is 5.91 Å². The normalized spacial score (nSPS) is 18.0. The van der Waals surface area contributed by atoms with Gasteiger partial charge in [-0.1, -0.05) is 11.3 Å². The van der Waals surface area contributed by atoms with E-state index in [-0.39, 0.29) is 5.91 Å². The van der Waals surface area contributed by atoms with Crippen LogP contribution in [-0.2, 0) is 4.74 Å². The van der Waals surface area contributed by atoms with E-state index in [1.54, 1.807) is 4.90 Å². The molecule has 21 heavy (non-hydrogen) atoms. The lowest BCUT2D eigenvalue weighted by molar-refractivity contribution is 0.0766. The lowest BCUT2D eigenvalue weighted by Gasteiger charge is -2.17. The summed E-state index contributed by atoms with van der Waals surface area (Å²) in [5.41, 5.74) is 0.812. The molecule has 1 N–H and O–H groups in total.